The van der Waals surface area contributed by atoms with Crippen molar-refractivity contribution in [3.63, 3.8) is 0 Å². The van der Waals surface area contributed by atoms with E-state index in [4.69, 9.17) is 5.73 Å². The van der Waals surface area contributed by atoms with Gasteiger partial charge in [0, 0.05) is 11.4 Å². The van der Waals surface area contributed by atoms with Crippen LogP contribution in [-0.4, -0.2) is 5.91 Å². The highest BCUT2D eigenvalue weighted by atomic mass is 79.9. The van der Waals surface area contributed by atoms with E-state index in [0.29, 0.717) is 0 Å². The van der Waals surface area contributed by atoms with Gasteiger partial charge in [-0.05, 0) is 17.2 Å². The van der Waals surface area contributed by atoms with Crippen LogP contribution in [0.3, 0.4) is 0 Å². The number of hydrogen-bond donors (Lipinski definition) is 1. The lowest BCUT2D eigenvalue weighted by molar-refractivity contribution is -0.113. The summed E-state index contributed by atoms with van der Waals surface area (Å²) in [4.78, 5) is 10.4. The Morgan fingerprint density at radius 3 is 2.46 bits per heavy atom. The normalized spacial score (nSPS) is 10.5. The van der Waals surface area contributed by atoms with Crippen molar-refractivity contribution in [1.29, 1.82) is 0 Å². The molecule has 0 saturated heterocycles. The molecule has 1 aromatic rings. The highest BCUT2D eigenvalue weighted by molar-refractivity contribution is 9.08. The lowest BCUT2D eigenvalue weighted by Gasteiger charge is -1.95. The van der Waals surface area contributed by atoms with E-state index < -0.39 is 5.91 Å². The summed E-state index contributed by atoms with van der Waals surface area (Å²) in [5.41, 5.74) is 7.14. The number of rotatable bonds is 3. The summed E-state index contributed by atoms with van der Waals surface area (Å²) in [6.07, 6.45) is 3.05. The molecule has 68 valence electrons. The van der Waals surface area contributed by atoms with Crippen molar-refractivity contribution < 1.29 is 4.79 Å². The molecule has 1 rings (SSSR count). The van der Waals surface area contributed by atoms with Crippen LogP contribution in [-0.2, 0) is 10.1 Å². The third-order valence-corrected chi connectivity index (χ3v) is 2.22. The van der Waals surface area contributed by atoms with Gasteiger partial charge in [0.15, 0.2) is 0 Å². The number of hydrogen-bond acceptors (Lipinski definition) is 1. The number of halogens is 1. The molecule has 13 heavy (non-hydrogen) atoms. The highest BCUT2D eigenvalue weighted by Gasteiger charge is 1.90. The zero-order chi connectivity index (χ0) is 9.68. The SMILES string of the molecule is NC(=O)C=Cc1ccc(CBr)cc1. The molecule has 0 aliphatic carbocycles. The molecule has 0 bridgehead atoms. The van der Waals surface area contributed by atoms with E-state index in [2.05, 4.69) is 15.9 Å². The fraction of sp³-hybridized carbons (Fsp3) is 0.100. The topological polar surface area (TPSA) is 43.1 Å². The van der Waals surface area contributed by atoms with E-state index in [9.17, 15) is 4.79 Å². The van der Waals surface area contributed by atoms with Crippen molar-refractivity contribution in [2.24, 2.45) is 5.73 Å². The minimum absolute atomic E-state index is 0.426. The molecule has 2 nitrogen and oxygen atoms in total. The van der Waals surface area contributed by atoms with Crippen LogP contribution in [0.1, 0.15) is 11.1 Å². The van der Waals surface area contributed by atoms with E-state index in [-0.39, 0.29) is 0 Å². The Kier molecular flexibility index (Phi) is 3.71. The number of primary amides is 1. The van der Waals surface area contributed by atoms with Gasteiger partial charge in [-0.2, -0.15) is 0 Å². The first-order chi connectivity index (χ1) is 6.22. The summed E-state index contributed by atoms with van der Waals surface area (Å²) < 4.78 is 0. The third kappa shape index (κ3) is 3.42. The number of carbonyl (C=O) groups is 1. The molecule has 0 spiro atoms. The Hall–Kier alpha value is -1.09. The van der Waals surface area contributed by atoms with Crippen molar-refractivity contribution in [2.75, 3.05) is 0 Å². The van der Waals surface area contributed by atoms with Gasteiger partial charge in [0.05, 0.1) is 0 Å². The van der Waals surface area contributed by atoms with Gasteiger partial charge in [0.2, 0.25) is 5.91 Å². The van der Waals surface area contributed by atoms with E-state index in [1.807, 2.05) is 24.3 Å². The number of amides is 1. The van der Waals surface area contributed by atoms with Crippen LogP contribution in [0.4, 0.5) is 0 Å². The lowest BCUT2D eigenvalue weighted by Crippen LogP contribution is -2.04. The van der Waals surface area contributed by atoms with Crippen molar-refractivity contribution in [2.45, 2.75) is 5.33 Å². The Labute approximate surface area is 85.6 Å². The smallest absolute Gasteiger partial charge is 0.241 e. The summed E-state index contributed by atoms with van der Waals surface area (Å²) in [7, 11) is 0. The Balaban J connectivity index is 2.75. The maximum atomic E-state index is 10.4. The fourth-order valence-corrected chi connectivity index (χ4v) is 1.27. The van der Waals surface area contributed by atoms with E-state index in [0.717, 1.165) is 10.9 Å². The van der Waals surface area contributed by atoms with Crippen LogP contribution < -0.4 is 5.73 Å². The van der Waals surface area contributed by atoms with Crippen molar-refractivity contribution >= 4 is 27.9 Å². The molecule has 1 aromatic carbocycles. The molecule has 0 heterocycles. The zero-order valence-electron chi connectivity index (χ0n) is 7.03. The first kappa shape index (κ1) is 9.99. The fourth-order valence-electron chi connectivity index (χ4n) is 0.896. The second-order valence-corrected chi connectivity index (χ2v) is 3.17. The van der Waals surface area contributed by atoms with Gasteiger partial charge in [-0.3, -0.25) is 4.79 Å². The minimum atomic E-state index is -0.426. The molecule has 0 atom stereocenters. The standard InChI is InChI=1S/C10H10BrNO/c11-7-9-3-1-8(2-4-9)5-6-10(12)13/h1-6H,7H2,(H2,12,13). The summed E-state index contributed by atoms with van der Waals surface area (Å²) >= 11 is 3.35. The van der Waals surface area contributed by atoms with Crippen molar-refractivity contribution in [3.05, 3.63) is 41.5 Å². The van der Waals surface area contributed by atoms with Gasteiger partial charge in [-0.15, -0.1) is 0 Å². The molecule has 3 heteroatoms. The van der Waals surface area contributed by atoms with Crippen molar-refractivity contribution in [3.8, 4) is 0 Å². The Morgan fingerprint density at radius 1 is 1.38 bits per heavy atom. The molecule has 0 aliphatic heterocycles. The van der Waals surface area contributed by atoms with E-state index in [1.165, 1.54) is 11.6 Å². The molecule has 0 fully saturated rings. The summed E-state index contributed by atoms with van der Waals surface area (Å²) in [6.45, 7) is 0. The number of alkyl halides is 1. The average molecular weight is 240 g/mol. The van der Waals surface area contributed by atoms with Gasteiger partial charge in [-0.1, -0.05) is 40.2 Å². The quantitative estimate of drug-likeness (QED) is 0.637. The molecule has 0 saturated carbocycles. The monoisotopic (exact) mass is 239 g/mol. The number of benzene rings is 1. The molecule has 0 aromatic heterocycles. The number of carbonyl (C=O) groups excluding carboxylic acids is 1. The molecule has 2 N–H and O–H groups in total. The molecule has 1 amide bonds. The van der Waals surface area contributed by atoms with Crippen LogP contribution in [0.15, 0.2) is 30.3 Å². The van der Waals surface area contributed by atoms with E-state index >= 15 is 0 Å². The first-order valence-electron chi connectivity index (χ1n) is 3.85. The predicted octanol–water partition coefficient (Wildman–Crippen LogP) is 2.08. The predicted molar refractivity (Wildman–Crippen MR) is 57.3 cm³/mol. The second kappa shape index (κ2) is 4.82. The van der Waals surface area contributed by atoms with Gasteiger partial charge in [0.1, 0.15) is 0 Å². The van der Waals surface area contributed by atoms with Crippen molar-refractivity contribution in [1.82, 2.24) is 0 Å². The summed E-state index contributed by atoms with van der Waals surface area (Å²) in [5.74, 6) is -0.426. The zero-order valence-corrected chi connectivity index (χ0v) is 8.62. The maximum Gasteiger partial charge on any atom is 0.241 e. The minimum Gasteiger partial charge on any atom is -0.366 e. The van der Waals surface area contributed by atoms with Crippen LogP contribution in [0.5, 0.6) is 0 Å². The molecular weight excluding hydrogens is 230 g/mol. The Morgan fingerprint density at radius 2 is 2.00 bits per heavy atom. The van der Waals surface area contributed by atoms with Gasteiger partial charge in [-0.25, -0.2) is 0 Å². The number of nitrogens with two attached hydrogens (primary N) is 1. The van der Waals surface area contributed by atoms with Crippen LogP contribution in [0.25, 0.3) is 6.08 Å². The largest absolute Gasteiger partial charge is 0.366 e. The average Bonchev–Trinajstić information content (AvgIpc) is 2.15. The molecular formula is C10H10BrNO. The van der Waals surface area contributed by atoms with Crippen LogP contribution >= 0.6 is 15.9 Å². The lowest BCUT2D eigenvalue weighted by atomic mass is 10.1. The van der Waals surface area contributed by atoms with Crippen LogP contribution in [0.2, 0.25) is 0 Å². The summed E-state index contributed by atoms with van der Waals surface area (Å²) in [5, 5.41) is 0.840. The highest BCUT2D eigenvalue weighted by Crippen LogP contribution is 2.08. The Bertz CT molecular complexity index is 316. The molecule has 0 unspecified atom stereocenters. The maximum absolute atomic E-state index is 10.4. The second-order valence-electron chi connectivity index (χ2n) is 2.61. The molecule has 0 aliphatic rings. The van der Waals surface area contributed by atoms with Crippen LogP contribution in [0, 0.1) is 0 Å². The third-order valence-electron chi connectivity index (χ3n) is 1.57. The summed E-state index contributed by atoms with van der Waals surface area (Å²) in [6, 6.07) is 7.87. The first-order valence-corrected chi connectivity index (χ1v) is 4.97. The molecule has 0 radical (unpaired) electrons. The van der Waals surface area contributed by atoms with Gasteiger partial charge >= 0.3 is 0 Å². The van der Waals surface area contributed by atoms with Gasteiger partial charge in [0.25, 0.3) is 0 Å². The van der Waals surface area contributed by atoms with E-state index in [1.54, 1.807) is 6.08 Å². The van der Waals surface area contributed by atoms with Gasteiger partial charge < -0.3 is 5.73 Å².